The van der Waals surface area contributed by atoms with Gasteiger partial charge in [0.2, 0.25) is 0 Å². The van der Waals surface area contributed by atoms with Crippen LogP contribution >= 0.6 is 34.8 Å². The van der Waals surface area contributed by atoms with Gasteiger partial charge in [-0.05, 0) is 38.1 Å². The number of anilines is 1. The van der Waals surface area contributed by atoms with Crippen molar-refractivity contribution in [1.82, 2.24) is 0 Å². The van der Waals surface area contributed by atoms with Gasteiger partial charge < -0.3 is 9.73 Å². The van der Waals surface area contributed by atoms with Crippen LogP contribution in [0.4, 0.5) is 5.69 Å². The monoisotopic (exact) mass is 303 g/mol. The van der Waals surface area contributed by atoms with Crippen LogP contribution in [0.15, 0.2) is 28.7 Å². The lowest BCUT2D eigenvalue weighted by atomic mass is 10.2. The van der Waals surface area contributed by atoms with Crippen molar-refractivity contribution in [3.05, 3.63) is 50.9 Å². The second-order valence-electron chi connectivity index (χ2n) is 4.06. The average molecular weight is 305 g/mol. The first-order chi connectivity index (χ1) is 8.47. The molecular weight excluding hydrogens is 293 g/mol. The van der Waals surface area contributed by atoms with Crippen LogP contribution in [0.25, 0.3) is 0 Å². The number of nitrogens with one attached hydrogen (secondary N) is 1. The minimum absolute atomic E-state index is 0.00607. The largest absolute Gasteiger partial charge is 0.464 e. The SMILES string of the molecule is Cc1ccc(C(C)Nc2cc(Cl)c(Cl)cc2Cl)o1. The molecule has 0 saturated carbocycles. The van der Waals surface area contributed by atoms with Gasteiger partial charge in [0, 0.05) is 0 Å². The minimum atomic E-state index is -0.00607. The fraction of sp³-hybridized carbons (Fsp3) is 0.231. The highest BCUT2D eigenvalue weighted by molar-refractivity contribution is 6.44. The van der Waals surface area contributed by atoms with E-state index >= 15 is 0 Å². The summed E-state index contributed by atoms with van der Waals surface area (Å²) in [5, 5.41) is 4.67. The Morgan fingerprint density at radius 1 is 1.06 bits per heavy atom. The maximum atomic E-state index is 6.10. The van der Waals surface area contributed by atoms with Gasteiger partial charge in [0.15, 0.2) is 0 Å². The van der Waals surface area contributed by atoms with Crippen molar-refractivity contribution >= 4 is 40.5 Å². The van der Waals surface area contributed by atoms with E-state index in [2.05, 4.69) is 5.32 Å². The number of hydrogen-bond acceptors (Lipinski definition) is 2. The van der Waals surface area contributed by atoms with E-state index < -0.39 is 0 Å². The summed E-state index contributed by atoms with van der Waals surface area (Å²) in [5.41, 5.74) is 0.729. The molecule has 5 heteroatoms. The standard InChI is InChI=1S/C13H12Cl3NO/c1-7-3-4-13(18-7)8(2)17-12-6-10(15)9(14)5-11(12)16/h3-6,8,17H,1-2H3. The van der Waals surface area contributed by atoms with Gasteiger partial charge in [-0.25, -0.2) is 0 Å². The molecule has 18 heavy (non-hydrogen) atoms. The van der Waals surface area contributed by atoms with E-state index in [0.29, 0.717) is 15.1 Å². The van der Waals surface area contributed by atoms with Crippen LogP contribution in [-0.4, -0.2) is 0 Å². The predicted octanol–water partition coefficient (Wildman–Crippen LogP) is 5.72. The fourth-order valence-corrected chi connectivity index (χ4v) is 2.23. The molecule has 0 aliphatic carbocycles. The molecule has 0 spiro atoms. The maximum Gasteiger partial charge on any atom is 0.126 e. The Bertz CT molecular complexity index is 565. The first-order valence-electron chi connectivity index (χ1n) is 5.45. The van der Waals surface area contributed by atoms with Gasteiger partial charge in [0.25, 0.3) is 0 Å². The molecule has 0 aliphatic rings. The topological polar surface area (TPSA) is 25.2 Å². The van der Waals surface area contributed by atoms with E-state index in [9.17, 15) is 0 Å². The molecule has 2 aromatic rings. The molecule has 0 aliphatic heterocycles. The van der Waals surface area contributed by atoms with Crippen molar-refractivity contribution in [3.63, 3.8) is 0 Å². The molecule has 0 saturated heterocycles. The van der Waals surface area contributed by atoms with E-state index in [1.54, 1.807) is 12.1 Å². The molecule has 1 N–H and O–H groups in total. The van der Waals surface area contributed by atoms with Gasteiger partial charge in [-0.3, -0.25) is 0 Å². The first kappa shape index (κ1) is 13.6. The fourth-order valence-electron chi connectivity index (χ4n) is 1.62. The Kier molecular flexibility index (Phi) is 4.10. The molecule has 1 aromatic heterocycles. The third-order valence-corrected chi connectivity index (χ3v) is 3.60. The summed E-state index contributed by atoms with van der Waals surface area (Å²) < 4.78 is 5.55. The Labute approximate surface area is 121 Å². The highest BCUT2D eigenvalue weighted by atomic mass is 35.5. The van der Waals surface area contributed by atoms with Crippen molar-refractivity contribution in [3.8, 4) is 0 Å². The Hall–Kier alpha value is -0.830. The number of rotatable bonds is 3. The van der Waals surface area contributed by atoms with Crippen LogP contribution in [0, 0.1) is 6.92 Å². The zero-order chi connectivity index (χ0) is 13.3. The zero-order valence-corrected chi connectivity index (χ0v) is 12.2. The minimum Gasteiger partial charge on any atom is -0.464 e. The molecule has 0 bridgehead atoms. The van der Waals surface area contributed by atoms with Crippen LogP contribution in [0.1, 0.15) is 24.5 Å². The Morgan fingerprint density at radius 2 is 1.72 bits per heavy atom. The Morgan fingerprint density at radius 3 is 2.33 bits per heavy atom. The summed E-state index contributed by atoms with van der Waals surface area (Å²) in [6.07, 6.45) is 0. The third-order valence-electron chi connectivity index (χ3n) is 2.57. The number of halogens is 3. The summed E-state index contributed by atoms with van der Waals surface area (Å²) >= 11 is 17.9. The van der Waals surface area contributed by atoms with E-state index in [1.807, 2.05) is 26.0 Å². The smallest absolute Gasteiger partial charge is 0.126 e. The highest BCUT2D eigenvalue weighted by Gasteiger charge is 2.12. The Balaban J connectivity index is 2.21. The number of benzene rings is 1. The van der Waals surface area contributed by atoms with E-state index in [1.165, 1.54) is 0 Å². The van der Waals surface area contributed by atoms with Crippen LogP contribution in [0.3, 0.4) is 0 Å². The van der Waals surface area contributed by atoms with Gasteiger partial charge >= 0.3 is 0 Å². The van der Waals surface area contributed by atoms with Gasteiger partial charge in [-0.1, -0.05) is 34.8 Å². The number of furan rings is 1. The van der Waals surface area contributed by atoms with E-state index in [-0.39, 0.29) is 6.04 Å². The van der Waals surface area contributed by atoms with Crippen LogP contribution < -0.4 is 5.32 Å². The van der Waals surface area contributed by atoms with Crippen molar-refractivity contribution in [2.24, 2.45) is 0 Å². The van der Waals surface area contributed by atoms with Crippen LogP contribution in [0.5, 0.6) is 0 Å². The summed E-state index contributed by atoms with van der Waals surface area (Å²) in [6, 6.07) is 7.17. The first-order valence-corrected chi connectivity index (χ1v) is 6.58. The molecule has 0 radical (unpaired) electrons. The van der Waals surface area contributed by atoms with Crippen molar-refractivity contribution in [2.45, 2.75) is 19.9 Å². The summed E-state index contributed by atoms with van der Waals surface area (Å²) in [7, 11) is 0. The third kappa shape index (κ3) is 2.94. The lowest BCUT2D eigenvalue weighted by Crippen LogP contribution is -2.06. The van der Waals surface area contributed by atoms with Crippen molar-refractivity contribution in [1.29, 1.82) is 0 Å². The van der Waals surface area contributed by atoms with Crippen LogP contribution in [-0.2, 0) is 0 Å². The lowest BCUT2D eigenvalue weighted by Gasteiger charge is -2.15. The molecule has 1 unspecified atom stereocenters. The predicted molar refractivity (Wildman–Crippen MR) is 77.0 cm³/mol. The van der Waals surface area contributed by atoms with Crippen molar-refractivity contribution in [2.75, 3.05) is 5.32 Å². The molecular formula is C13H12Cl3NO. The maximum absolute atomic E-state index is 6.10. The van der Waals surface area contributed by atoms with E-state index in [4.69, 9.17) is 39.2 Å². The summed E-state index contributed by atoms with van der Waals surface area (Å²) in [6.45, 7) is 3.89. The van der Waals surface area contributed by atoms with Crippen molar-refractivity contribution < 1.29 is 4.42 Å². The molecule has 0 amide bonds. The van der Waals surface area contributed by atoms with Gasteiger partial charge in [-0.15, -0.1) is 0 Å². The molecule has 2 nitrogen and oxygen atoms in total. The average Bonchev–Trinajstić information content (AvgIpc) is 2.73. The zero-order valence-electron chi connectivity index (χ0n) is 9.93. The van der Waals surface area contributed by atoms with Gasteiger partial charge in [0.05, 0.1) is 26.8 Å². The molecule has 1 aromatic carbocycles. The van der Waals surface area contributed by atoms with Gasteiger partial charge in [-0.2, -0.15) is 0 Å². The highest BCUT2D eigenvalue weighted by Crippen LogP contribution is 2.34. The summed E-state index contributed by atoms with van der Waals surface area (Å²) in [5.74, 6) is 1.72. The molecule has 2 rings (SSSR count). The van der Waals surface area contributed by atoms with Crippen LogP contribution in [0.2, 0.25) is 15.1 Å². The summed E-state index contributed by atoms with van der Waals surface area (Å²) in [4.78, 5) is 0. The van der Waals surface area contributed by atoms with E-state index in [0.717, 1.165) is 17.2 Å². The second kappa shape index (κ2) is 5.43. The normalized spacial score (nSPS) is 12.5. The molecule has 96 valence electrons. The number of hydrogen-bond donors (Lipinski definition) is 1. The number of aryl methyl sites for hydroxylation is 1. The molecule has 0 fully saturated rings. The second-order valence-corrected chi connectivity index (χ2v) is 5.28. The molecule has 1 heterocycles. The van der Waals surface area contributed by atoms with Gasteiger partial charge in [0.1, 0.15) is 11.5 Å². The molecule has 1 atom stereocenters. The quantitative estimate of drug-likeness (QED) is 0.733. The lowest BCUT2D eigenvalue weighted by molar-refractivity contribution is 0.467.